The van der Waals surface area contributed by atoms with Gasteiger partial charge in [-0.3, -0.25) is 9.59 Å². The first kappa shape index (κ1) is 20.6. The number of amides is 2. The zero-order valence-corrected chi connectivity index (χ0v) is 16.9. The number of nitrogens with two attached hydrogens (primary N) is 1. The van der Waals surface area contributed by atoms with Crippen molar-refractivity contribution < 1.29 is 14.3 Å². The second-order valence-corrected chi connectivity index (χ2v) is 8.02. The van der Waals surface area contributed by atoms with Crippen molar-refractivity contribution in [3.05, 3.63) is 29.8 Å². The average Bonchev–Trinajstić information content (AvgIpc) is 2.96. The van der Waals surface area contributed by atoms with E-state index in [0.717, 1.165) is 56.5 Å². The zero-order valence-electron chi connectivity index (χ0n) is 16.9. The maximum absolute atomic E-state index is 12.6. The standard InChI is InChI=1S/C22H33N3O3/c1-28-19-9-6-17(7-10-19)8-11-21(26)24-12-3-13-25(15-14-24)22(27)16-18-4-2-5-20(18)23/h6-7,9-10,18,20H,2-5,8,11-16,23H2,1H3/t18-,20+/m0/s1. The molecule has 2 atom stereocenters. The molecule has 28 heavy (non-hydrogen) atoms. The minimum absolute atomic E-state index is 0.169. The fraction of sp³-hybridized carbons (Fsp3) is 0.636. The van der Waals surface area contributed by atoms with Gasteiger partial charge in [0.25, 0.3) is 0 Å². The largest absolute Gasteiger partial charge is 0.497 e. The lowest BCUT2D eigenvalue weighted by Crippen LogP contribution is -2.39. The van der Waals surface area contributed by atoms with Crippen LogP contribution >= 0.6 is 0 Å². The summed E-state index contributed by atoms with van der Waals surface area (Å²) in [6, 6.07) is 8.02. The van der Waals surface area contributed by atoms with Gasteiger partial charge in [0.1, 0.15) is 5.75 Å². The molecule has 3 rings (SSSR count). The van der Waals surface area contributed by atoms with E-state index in [1.165, 1.54) is 0 Å². The SMILES string of the molecule is COc1ccc(CCC(=O)N2CCCN(C(=O)C[C@@H]3CCC[C@H]3N)CC2)cc1. The molecule has 6 heteroatoms. The van der Waals surface area contributed by atoms with Crippen LogP contribution < -0.4 is 10.5 Å². The maximum atomic E-state index is 12.6. The summed E-state index contributed by atoms with van der Waals surface area (Å²) in [5, 5.41) is 0. The Labute approximate surface area is 168 Å². The van der Waals surface area contributed by atoms with Gasteiger partial charge >= 0.3 is 0 Å². The van der Waals surface area contributed by atoms with E-state index in [1.807, 2.05) is 34.1 Å². The Morgan fingerprint density at radius 1 is 1.00 bits per heavy atom. The van der Waals surface area contributed by atoms with Gasteiger partial charge in [0.15, 0.2) is 0 Å². The monoisotopic (exact) mass is 387 g/mol. The number of ether oxygens (including phenoxy) is 1. The summed E-state index contributed by atoms with van der Waals surface area (Å²) < 4.78 is 5.17. The molecule has 0 spiro atoms. The zero-order chi connectivity index (χ0) is 19.9. The molecule has 0 radical (unpaired) electrons. The third-order valence-electron chi connectivity index (χ3n) is 6.14. The molecule has 1 aliphatic heterocycles. The van der Waals surface area contributed by atoms with Crippen molar-refractivity contribution in [2.45, 2.75) is 51.0 Å². The number of hydrogen-bond donors (Lipinski definition) is 1. The van der Waals surface area contributed by atoms with Gasteiger partial charge in [0.05, 0.1) is 7.11 Å². The Balaban J connectivity index is 1.44. The summed E-state index contributed by atoms with van der Waals surface area (Å²) in [5.41, 5.74) is 7.25. The van der Waals surface area contributed by atoms with Crippen molar-refractivity contribution in [1.29, 1.82) is 0 Å². The number of methoxy groups -OCH3 is 1. The molecule has 2 N–H and O–H groups in total. The first-order valence-corrected chi connectivity index (χ1v) is 10.5. The summed E-state index contributed by atoms with van der Waals surface area (Å²) in [5.74, 6) is 1.53. The molecular formula is C22H33N3O3. The summed E-state index contributed by atoms with van der Waals surface area (Å²) in [6.07, 6.45) is 5.86. The average molecular weight is 388 g/mol. The molecule has 1 heterocycles. The lowest BCUT2D eigenvalue weighted by molar-refractivity contribution is -0.134. The highest BCUT2D eigenvalue weighted by Gasteiger charge is 2.29. The van der Waals surface area contributed by atoms with Crippen LogP contribution in [0.4, 0.5) is 0 Å². The minimum atomic E-state index is 0.169. The van der Waals surface area contributed by atoms with Crippen LogP contribution in [-0.4, -0.2) is 60.9 Å². The van der Waals surface area contributed by atoms with E-state index in [1.54, 1.807) is 7.11 Å². The van der Waals surface area contributed by atoms with Crippen LogP contribution in [0, 0.1) is 5.92 Å². The Hall–Kier alpha value is -2.08. The molecule has 6 nitrogen and oxygen atoms in total. The van der Waals surface area contributed by atoms with Gasteiger partial charge in [0.2, 0.25) is 11.8 Å². The summed E-state index contributed by atoms with van der Waals surface area (Å²) in [6.45, 7) is 2.73. The molecule has 1 saturated carbocycles. The second kappa shape index (κ2) is 9.92. The van der Waals surface area contributed by atoms with Crippen molar-refractivity contribution in [2.24, 2.45) is 11.7 Å². The highest BCUT2D eigenvalue weighted by atomic mass is 16.5. The first-order chi connectivity index (χ1) is 13.6. The molecule has 1 aliphatic carbocycles. The second-order valence-electron chi connectivity index (χ2n) is 8.02. The molecule has 1 aromatic rings. The summed E-state index contributed by atoms with van der Waals surface area (Å²) in [7, 11) is 1.65. The van der Waals surface area contributed by atoms with Gasteiger partial charge in [-0.1, -0.05) is 18.6 Å². The Bertz CT molecular complexity index is 661. The van der Waals surface area contributed by atoms with Gasteiger partial charge in [-0.2, -0.15) is 0 Å². The highest BCUT2D eigenvalue weighted by molar-refractivity contribution is 5.78. The fourth-order valence-electron chi connectivity index (χ4n) is 4.29. The van der Waals surface area contributed by atoms with Crippen molar-refractivity contribution in [1.82, 2.24) is 9.80 Å². The number of carbonyl (C=O) groups is 2. The minimum Gasteiger partial charge on any atom is -0.497 e. The molecule has 0 aromatic heterocycles. The number of nitrogens with zero attached hydrogens (tertiary/aromatic N) is 2. The molecule has 2 aliphatic rings. The van der Waals surface area contributed by atoms with Crippen LogP contribution in [0.15, 0.2) is 24.3 Å². The van der Waals surface area contributed by atoms with E-state index in [4.69, 9.17) is 10.5 Å². The predicted molar refractivity (Wildman–Crippen MR) is 109 cm³/mol. The molecule has 0 unspecified atom stereocenters. The lowest BCUT2D eigenvalue weighted by atomic mass is 9.99. The van der Waals surface area contributed by atoms with Crippen molar-refractivity contribution in [2.75, 3.05) is 33.3 Å². The topological polar surface area (TPSA) is 75.9 Å². The molecule has 0 bridgehead atoms. The summed E-state index contributed by atoms with van der Waals surface area (Å²) in [4.78, 5) is 29.1. The van der Waals surface area contributed by atoms with Gasteiger partial charge < -0.3 is 20.3 Å². The number of rotatable bonds is 6. The molecule has 1 saturated heterocycles. The Morgan fingerprint density at radius 2 is 1.68 bits per heavy atom. The van der Waals surface area contributed by atoms with E-state index in [0.29, 0.717) is 31.8 Å². The van der Waals surface area contributed by atoms with E-state index < -0.39 is 0 Å². The third-order valence-corrected chi connectivity index (χ3v) is 6.14. The van der Waals surface area contributed by atoms with Crippen LogP contribution in [0.3, 0.4) is 0 Å². The first-order valence-electron chi connectivity index (χ1n) is 10.5. The van der Waals surface area contributed by atoms with E-state index in [2.05, 4.69) is 0 Å². The molecule has 1 aromatic carbocycles. The molecular weight excluding hydrogens is 354 g/mol. The van der Waals surface area contributed by atoms with Crippen molar-refractivity contribution in [3.63, 3.8) is 0 Å². The van der Waals surface area contributed by atoms with Gasteiger partial charge in [-0.25, -0.2) is 0 Å². The lowest BCUT2D eigenvalue weighted by Gasteiger charge is -2.24. The third kappa shape index (κ3) is 5.47. The number of benzene rings is 1. The van der Waals surface area contributed by atoms with Crippen LogP contribution in [-0.2, 0) is 16.0 Å². The van der Waals surface area contributed by atoms with E-state index in [9.17, 15) is 9.59 Å². The number of hydrogen-bond acceptors (Lipinski definition) is 4. The van der Waals surface area contributed by atoms with Crippen LogP contribution in [0.25, 0.3) is 0 Å². The predicted octanol–water partition coefficient (Wildman–Crippen LogP) is 2.21. The number of carbonyl (C=O) groups excluding carboxylic acids is 2. The Kier molecular flexibility index (Phi) is 7.31. The Morgan fingerprint density at radius 3 is 2.29 bits per heavy atom. The highest BCUT2D eigenvalue weighted by Crippen LogP contribution is 2.27. The normalized spacial score (nSPS) is 22.8. The van der Waals surface area contributed by atoms with Crippen molar-refractivity contribution in [3.8, 4) is 5.75 Å². The van der Waals surface area contributed by atoms with E-state index in [-0.39, 0.29) is 17.9 Å². The quantitative estimate of drug-likeness (QED) is 0.812. The summed E-state index contributed by atoms with van der Waals surface area (Å²) >= 11 is 0. The van der Waals surface area contributed by atoms with Gasteiger partial charge in [0, 0.05) is 45.1 Å². The molecule has 2 amide bonds. The maximum Gasteiger partial charge on any atom is 0.222 e. The van der Waals surface area contributed by atoms with Gasteiger partial charge in [-0.05, 0) is 49.3 Å². The van der Waals surface area contributed by atoms with Gasteiger partial charge in [-0.15, -0.1) is 0 Å². The van der Waals surface area contributed by atoms with Crippen LogP contribution in [0.2, 0.25) is 0 Å². The van der Waals surface area contributed by atoms with Crippen LogP contribution in [0.1, 0.15) is 44.1 Å². The van der Waals surface area contributed by atoms with E-state index >= 15 is 0 Å². The number of aryl methyl sites for hydroxylation is 1. The van der Waals surface area contributed by atoms with Crippen LogP contribution in [0.5, 0.6) is 5.75 Å². The fourth-order valence-corrected chi connectivity index (χ4v) is 4.29. The molecule has 154 valence electrons. The van der Waals surface area contributed by atoms with Crippen molar-refractivity contribution >= 4 is 11.8 Å². The molecule has 2 fully saturated rings. The smallest absolute Gasteiger partial charge is 0.222 e.